The van der Waals surface area contributed by atoms with Gasteiger partial charge in [-0.05, 0) is 6.92 Å². The van der Waals surface area contributed by atoms with Crippen LogP contribution in [0.2, 0.25) is 0 Å². The van der Waals surface area contributed by atoms with Gasteiger partial charge in [0, 0.05) is 6.54 Å². The molecule has 2 aliphatic heterocycles. The highest BCUT2D eigenvalue weighted by molar-refractivity contribution is 5.67. The van der Waals surface area contributed by atoms with Crippen molar-refractivity contribution in [2.45, 2.75) is 31.3 Å². The van der Waals surface area contributed by atoms with Crippen molar-refractivity contribution in [1.82, 2.24) is 5.32 Å². The van der Waals surface area contributed by atoms with Crippen LogP contribution in [0.1, 0.15) is 6.92 Å². The lowest BCUT2D eigenvalue weighted by Crippen LogP contribution is -2.66. The van der Waals surface area contributed by atoms with Crippen molar-refractivity contribution in [3.63, 3.8) is 0 Å². The summed E-state index contributed by atoms with van der Waals surface area (Å²) >= 11 is 0. The zero-order valence-electron chi connectivity index (χ0n) is 8.77. The molecule has 4 N–H and O–H groups in total. The Morgan fingerprint density at radius 2 is 2.20 bits per heavy atom. The van der Waals surface area contributed by atoms with Crippen LogP contribution in [0, 0.1) is 0 Å². The second-order valence-electron chi connectivity index (χ2n) is 3.83. The predicted octanol–water partition coefficient (Wildman–Crippen LogP) is -1.49. The third-order valence-corrected chi connectivity index (χ3v) is 2.69. The summed E-state index contributed by atoms with van der Waals surface area (Å²) in [5, 5.41) is 2.58. The van der Waals surface area contributed by atoms with Crippen molar-refractivity contribution in [1.29, 1.82) is 0 Å². The minimum atomic E-state index is -0.414. The smallest absolute Gasteiger partial charge is 0.407 e. The molecule has 0 spiro atoms. The van der Waals surface area contributed by atoms with Gasteiger partial charge in [0.25, 0.3) is 0 Å². The second-order valence-corrected chi connectivity index (χ2v) is 3.83. The summed E-state index contributed by atoms with van der Waals surface area (Å²) < 4.78 is 16.2. The van der Waals surface area contributed by atoms with Crippen LogP contribution in [0.4, 0.5) is 4.79 Å². The maximum Gasteiger partial charge on any atom is 0.407 e. The SMILES string of the molecule is CCNC(=O)O[C@@H]1CO[C@H]2[C@@H]1OC[C@@H]2[NH3+]. The fourth-order valence-corrected chi connectivity index (χ4v) is 1.97. The number of carbonyl (C=O) groups excluding carboxylic acids is 1. The second kappa shape index (κ2) is 4.34. The number of hydrogen-bond donors (Lipinski definition) is 2. The van der Waals surface area contributed by atoms with Crippen LogP contribution in [0.25, 0.3) is 0 Å². The standard InChI is InChI=1S/C9H16N2O4/c1-2-11-9(12)15-6-4-14-7-5(10)3-13-8(6)7/h5-8H,2-4,10H2,1H3,(H,11,12)/p+1/t5-,6+,7+,8+/m0/s1. The van der Waals surface area contributed by atoms with Crippen molar-refractivity contribution in [2.24, 2.45) is 0 Å². The van der Waals surface area contributed by atoms with Crippen LogP contribution in [-0.4, -0.2) is 50.2 Å². The van der Waals surface area contributed by atoms with Crippen molar-refractivity contribution >= 4 is 6.09 Å². The van der Waals surface area contributed by atoms with E-state index < -0.39 is 6.09 Å². The first-order chi connectivity index (χ1) is 7.22. The average molecular weight is 217 g/mol. The first-order valence-corrected chi connectivity index (χ1v) is 5.23. The van der Waals surface area contributed by atoms with Gasteiger partial charge >= 0.3 is 6.09 Å². The molecule has 15 heavy (non-hydrogen) atoms. The van der Waals surface area contributed by atoms with E-state index in [2.05, 4.69) is 11.1 Å². The summed E-state index contributed by atoms with van der Waals surface area (Å²) in [6.45, 7) is 3.37. The lowest BCUT2D eigenvalue weighted by molar-refractivity contribution is -0.430. The van der Waals surface area contributed by atoms with Gasteiger partial charge in [0.2, 0.25) is 0 Å². The van der Waals surface area contributed by atoms with Gasteiger partial charge in [0.15, 0.2) is 6.10 Å². The molecule has 6 heteroatoms. The van der Waals surface area contributed by atoms with Crippen LogP contribution in [0.15, 0.2) is 0 Å². The van der Waals surface area contributed by atoms with Gasteiger partial charge in [-0.15, -0.1) is 0 Å². The molecular weight excluding hydrogens is 200 g/mol. The molecule has 2 saturated heterocycles. The third kappa shape index (κ3) is 2.06. The van der Waals surface area contributed by atoms with E-state index in [4.69, 9.17) is 14.2 Å². The fraction of sp³-hybridized carbons (Fsp3) is 0.889. The molecule has 0 unspecified atom stereocenters. The molecule has 2 heterocycles. The maximum absolute atomic E-state index is 11.2. The molecular formula is C9H17N2O4+. The molecule has 4 atom stereocenters. The zero-order valence-corrected chi connectivity index (χ0v) is 8.77. The summed E-state index contributed by atoms with van der Waals surface area (Å²) in [7, 11) is 0. The number of ether oxygens (including phenoxy) is 3. The zero-order chi connectivity index (χ0) is 10.8. The predicted molar refractivity (Wildman–Crippen MR) is 50.1 cm³/mol. The Hall–Kier alpha value is -0.850. The minimum absolute atomic E-state index is 0.0237. The van der Waals surface area contributed by atoms with E-state index in [-0.39, 0.29) is 24.4 Å². The number of fused-ring (bicyclic) bond motifs is 1. The fourth-order valence-electron chi connectivity index (χ4n) is 1.97. The number of rotatable bonds is 2. The van der Waals surface area contributed by atoms with E-state index in [9.17, 15) is 4.79 Å². The number of carbonyl (C=O) groups is 1. The molecule has 0 aromatic rings. The Morgan fingerprint density at radius 1 is 1.47 bits per heavy atom. The molecule has 6 nitrogen and oxygen atoms in total. The third-order valence-electron chi connectivity index (χ3n) is 2.69. The first-order valence-electron chi connectivity index (χ1n) is 5.23. The summed E-state index contributed by atoms with van der Waals surface area (Å²) in [6, 6.07) is 0.137. The molecule has 0 saturated carbocycles. The molecule has 2 fully saturated rings. The van der Waals surface area contributed by atoms with Gasteiger partial charge in [-0.3, -0.25) is 0 Å². The van der Waals surface area contributed by atoms with Gasteiger partial charge in [-0.1, -0.05) is 0 Å². The van der Waals surface area contributed by atoms with Crippen molar-refractivity contribution in [3.8, 4) is 0 Å². The Kier molecular flexibility index (Phi) is 3.08. The largest absolute Gasteiger partial charge is 0.441 e. The normalized spacial score (nSPS) is 38.8. The van der Waals surface area contributed by atoms with E-state index in [0.29, 0.717) is 19.8 Å². The van der Waals surface area contributed by atoms with Crippen LogP contribution < -0.4 is 11.1 Å². The molecule has 0 aromatic carbocycles. The number of quaternary nitrogens is 1. The van der Waals surface area contributed by atoms with E-state index in [1.54, 1.807) is 0 Å². The van der Waals surface area contributed by atoms with Gasteiger partial charge in [0.1, 0.15) is 24.9 Å². The topological polar surface area (TPSA) is 84.4 Å². The highest BCUT2D eigenvalue weighted by Gasteiger charge is 2.50. The Bertz CT molecular complexity index is 248. The lowest BCUT2D eigenvalue weighted by Gasteiger charge is -2.16. The van der Waals surface area contributed by atoms with Crippen molar-refractivity contribution in [3.05, 3.63) is 0 Å². The van der Waals surface area contributed by atoms with Gasteiger partial charge in [0.05, 0.1) is 6.61 Å². The van der Waals surface area contributed by atoms with Crippen molar-refractivity contribution in [2.75, 3.05) is 19.8 Å². The van der Waals surface area contributed by atoms with E-state index >= 15 is 0 Å². The number of amides is 1. The summed E-state index contributed by atoms with van der Waals surface area (Å²) in [5.74, 6) is 0. The number of alkyl carbamates (subject to hydrolysis) is 1. The number of hydrogen-bond acceptors (Lipinski definition) is 4. The molecule has 0 aromatic heterocycles. The van der Waals surface area contributed by atoms with E-state index in [1.165, 1.54) is 0 Å². The van der Waals surface area contributed by atoms with Crippen LogP contribution in [-0.2, 0) is 14.2 Å². The highest BCUT2D eigenvalue weighted by atomic mass is 16.6. The van der Waals surface area contributed by atoms with Gasteiger partial charge in [-0.2, -0.15) is 0 Å². The first kappa shape index (κ1) is 10.7. The number of nitrogens with one attached hydrogen (secondary N) is 1. The van der Waals surface area contributed by atoms with Gasteiger partial charge < -0.3 is 25.3 Å². The Morgan fingerprint density at radius 3 is 2.93 bits per heavy atom. The summed E-state index contributed by atoms with van der Waals surface area (Å²) in [4.78, 5) is 11.2. The van der Waals surface area contributed by atoms with Crippen molar-refractivity contribution < 1.29 is 24.7 Å². The molecule has 2 aliphatic rings. The van der Waals surface area contributed by atoms with Crippen LogP contribution >= 0.6 is 0 Å². The van der Waals surface area contributed by atoms with Crippen LogP contribution in [0.5, 0.6) is 0 Å². The summed E-state index contributed by atoms with van der Waals surface area (Å²) in [6.07, 6.45) is -0.879. The Labute approximate surface area is 88.0 Å². The molecule has 0 radical (unpaired) electrons. The monoisotopic (exact) mass is 217 g/mol. The summed E-state index contributed by atoms with van der Waals surface area (Å²) in [5.41, 5.74) is 3.92. The molecule has 0 aliphatic carbocycles. The van der Waals surface area contributed by atoms with E-state index in [1.807, 2.05) is 6.92 Å². The van der Waals surface area contributed by atoms with E-state index in [0.717, 1.165) is 0 Å². The Balaban J connectivity index is 1.87. The highest BCUT2D eigenvalue weighted by Crippen LogP contribution is 2.27. The maximum atomic E-state index is 11.2. The van der Waals surface area contributed by atoms with Crippen LogP contribution in [0.3, 0.4) is 0 Å². The average Bonchev–Trinajstić information content (AvgIpc) is 2.72. The molecule has 0 bridgehead atoms. The molecule has 2 rings (SSSR count). The quantitative estimate of drug-likeness (QED) is 0.590. The molecule has 86 valence electrons. The lowest BCUT2D eigenvalue weighted by atomic mass is 10.1. The van der Waals surface area contributed by atoms with Gasteiger partial charge in [-0.25, -0.2) is 4.79 Å². The molecule has 1 amide bonds. The minimum Gasteiger partial charge on any atom is -0.441 e.